The normalized spacial score (nSPS) is 12.3. The van der Waals surface area contributed by atoms with Crippen LogP contribution in [0.1, 0.15) is 46.0 Å². The van der Waals surface area contributed by atoms with Crippen molar-refractivity contribution in [3.8, 4) is 16.9 Å². The highest BCUT2D eigenvalue weighted by atomic mass is 35.5. The molecule has 8 nitrogen and oxygen atoms in total. The van der Waals surface area contributed by atoms with Gasteiger partial charge in [-0.05, 0) is 48.9 Å². The zero-order valence-electron chi connectivity index (χ0n) is 20.7. The van der Waals surface area contributed by atoms with E-state index in [-0.39, 0.29) is 17.7 Å². The maximum atomic E-state index is 13.7. The third kappa shape index (κ3) is 5.70. The number of nitrogens with one attached hydrogen (secondary N) is 2. The summed E-state index contributed by atoms with van der Waals surface area (Å²) in [5.74, 6) is -0.307. The monoisotopic (exact) mass is 585 g/mol. The SMILES string of the molecule is CC(NC(=O)c1nn(-c2ccccc2Cl)c(-c2ccc(Cl)cc2)c1Cc1nn[nH]n1)c1cccc(C(F)(F)F)c1. The third-order valence-corrected chi connectivity index (χ3v) is 6.75. The Labute approximate surface area is 236 Å². The highest BCUT2D eigenvalue weighted by molar-refractivity contribution is 6.32. The first-order chi connectivity index (χ1) is 19.1. The van der Waals surface area contributed by atoms with Crippen LogP contribution >= 0.6 is 23.2 Å². The molecule has 204 valence electrons. The van der Waals surface area contributed by atoms with Crippen LogP contribution in [0.3, 0.4) is 0 Å². The number of nitrogens with zero attached hydrogens (tertiary/aromatic N) is 5. The molecule has 0 saturated carbocycles. The topological polar surface area (TPSA) is 101 Å². The quantitative estimate of drug-likeness (QED) is 0.228. The molecular formula is C27H20Cl2F3N7O. The smallest absolute Gasteiger partial charge is 0.344 e. The lowest BCUT2D eigenvalue weighted by atomic mass is 10.0. The first-order valence-electron chi connectivity index (χ1n) is 11.9. The van der Waals surface area contributed by atoms with E-state index in [4.69, 9.17) is 23.2 Å². The summed E-state index contributed by atoms with van der Waals surface area (Å²) in [7, 11) is 0. The van der Waals surface area contributed by atoms with Crippen LogP contribution in [0.4, 0.5) is 13.2 Å². The number of rotatable bonds is 7. The summed E-state index contributed by atoms with van der Waals surface area (Å²) in [5.41, 5.74) is 1.68. The summed E-state index contributed by atoms with van der Waals surface area (Å²) in [6.07, 6.45) is -4.45. The number of benzene rings is 3. The van der Waals surface area contributed by atoms with Gasteiger partial charge in [-0.1, -0.05) is 64.8 Å². The Kier molecular flexibility index (Phi) is 7.59. The number of para-hydroxylation sites is 1. The lowest BCUT2D eigenvalue weighted by molar-refractivity contribution is -0.137. The van der Waals surface area contributed by atoms with Gasteiger partial charge in [-0.2, -0.15) is 23.5 Å². The Hall–Kier alpha value is -4.22. The number of halogens is 5. The van der Waals surface area contributed by atoms with Gasteiger partial charge < -0.3 is 5.32 Å². The van der Waals surface area contributed by atoms with Gasteiger partial charge in [0.1, 0.15) is 0 Å². The zero-order valence-corrected chi connectivity index (χ0v) is 22.3. The lowest BCUT2D eigenvalue weighted by Gasteiger charge is -2.16. The van der Waals surface area contributed by atoms with Crippen molar-refractivity contribution in [3.63, 3.8) is 0 Å². The Morgan fingerprint density at radius 3 is 2.48 bits per heavy atom. The molecule has 2 N–H and O–H groups in total. The summed E-state index contributed by atoms with van der Waals surface area (Å²) in [6.45, 7) is 1.59. The molecule has 40 heavy (non-hydrogen) atoms. The van der Waals surface area contributed by atoms with Crippen molar-refractivity contribution in [1.29, 1.82) is 0 Å². The number of tetrazole rings is 1. The van der Waals surface area contributed by atoms with E-state index >= 15 is 0 Å². The van der Waals surface area contributed by atoms with Crippen LogP contribution in [0.2, 0.25) is 10.0 Å². The van der Waals surface area contributed by atoms with Crippen molar-refractivity contribution in [3.05, 3.63) is 111 Å². The van der Waals surface area contributed by atoms with Gasteiger partial charge in [-0.25, -0.2) is 4.68 Å². The highest BCUT2D eigenvalue weighted by Crippen LogP contribution is 2.34. The van der Waals surface area contributed by atoms with Crippen LogP contribution in [0.5, 0.6) is 0 Å². The van der Waals surface area contributed by atoms with Crippen LogP contribution in [0.25, 0.3) is 16.9 Å². The number of carbonyl (C=O) groups excluding carboxylic acids is 1. The average molecular weight is 586 g/mol. The minimum Gasteiger partial charge on any atom is -0.344 e. The largest absolute Gasteiger partial charge is 0.416 e. The minimum absolute atomic E-state index is 0.0218. The van der Waals surface area contributed by atoms with Crippen LogP contribution in [-0.4, -0.2) is 36.3 Å². The molecule has 1 unspecified atom stereocenters. The standard InChI is InChI=1S/C27H20Cl2F3N7O/c1-15(17-5-4-6-18(13-17)27(30,31)32)33-26(40)24-20(14-23-34-37-38-35-23)25(16-9-11-19(28)12-10-16)39(36-24)22-8-3-2-7-21(22)29/h2-13,15H,14H2,1H3,(H,33,40)(H,34,35,37,38). The number of alkyl halides is 3. The molecular weight excluding hydrogens is 566 g/mol. The molecule has 0 saturated heterocycles. The Bertz CT molecular complexity index is 1650. The van der Waals surface area contributed by atoms with Gasteiger partial charge in [-0.15, -0.1) is 10.2 Å². The Balaban J connectivity index is 1.63. The second-order valence-electron chi connectivity index (χ2n) is 8.87. The molecule has 3 aromatic carbocycles. The van der Waals surface area contributed by atoms with E-state index in [1.54, 1.807) is 60.1 Å². The van der Waals surface area contributed by atoms with Crippen molar-refractivity contribution in [2.75, 3.05) is 0 Å². The molecule has 0 fully saturated rings. The second-order valence-corrected chi connectivity index (χ2v) is 9.71. The van der Waals surface area contributed by atoms with E-state index in [9.17, 15) is 18.0 Å². The van der Waals surface area contributed by atoms with Gasteiger partial charge in [-0.3, -0.25) is 4.79 Å². The number of aromatic nitrogens is 6. The van der Waals surface area contributed by atoms with Gasteiger partial charge >= 0.3 is 6.18 Å². The molecule has 0 aliphatic carbocycles. The van der Waals surface area contributed by atoms with Crippen LogP contribution in [-0.2, 0) is 12.6 Å². The second kappa shape index (κ2) is 11.1. The fourth-order valence-electron chi connectivity index (χ4n) is 4.25. The number of aromatic amines is 1. The van der Waals surface area contributed by atoms with E-state index < -0.39 is 23.7 Å². The molecule has 5 aromatic rings. The lowest BCUT2D eigenvalue weighted by Crippen LogP contribution is -2.28. The maximum absolute atomic E-state index is 13.7. The molecule has 2 aromatic heterocycles. The first-order valence-corrected chi connectivity index (χ1v) is 12.7. The van der Waals surface area contributed by atoms with Gasteiger partial charge in [0.05, 0.1) is 28.0 Å². The summed E-state index contributed by atoms with van der Waals surface area (Å²) in [5, 5.41) is 22.4. The molecule has 1 atom stereocenters. The molecule has 13 heteroatoms. The molecule has 0 spiro atoms. The molecule has 0 bridgehead atoms. The predicted molar refractivity (Wildman–Crippen MR) is 143 cm³/mol. The molecule has 1 amide bonds. The average Bonchev–Trinajstić information content (AvgIpc) is 3.57. The van der Waals surface area contributed by atoms with E-state index in [0.29, 0.717) is 38.4 Å². The van der Waals surface area contributed by atoms with Crippen molar-refractivity contribution < 1.29 is 18.0 Å². The van der Waals surface area contributed by atoms with Crippen molar-refractivity contribution in [2.24, 2.45) is 0 Å². The molecule has 2 heterocycles. The first kappa shape index (κ1) is 27.4. The van der Waals surface area contributed by atoms with Gasteiger partial charge in [0, 0.05) is 22.6 Å². The van der Waals surface area contributed by atoms with E-state index in [2.05, 4.69) is 31.0 Å². The molecule has 0 aliphatic heterocycles. The van der Waals surface area contributed by atoms with Crippen molar-refractivity contribution in [1.82, 2.24) is 35.7 Å². The minimum atomic E-state index is -4.52. The van der Waals surface area contributed by atoms with Gasteiger partial charge in [0.15, 0.2) is 11.5 Å². The van der Waals surface area contributed by atoms with Gasteiger partial charge in [0.25, 0.3) is 5.91 Å². The third-order valence-electron chi connectivity index (χ3n) is 6.18. The fraction of sp³-hybridized carbons (Fsp3) is 0.148. The van der Waals surface area contributed by atoms with E-state index in [0.717, 1.165) is 12.1 Å². The number of amides is 1. The van der Waals surface area contributed by atoms with Crippen LogP contribution < -0.4 is 5.32 Å². The predicted octanol–water partition coefficient (Wildman–Crippen LogP) is 6.46. The number of hydrogen-bond donors (Lipinski definition) is 2. The summed E-state index contributed by atoms with van der Waals surface area (Å²) >= 11 is 12.7. The summed E-state index contributed by atoms with van der Waals surface area (Å²) < 4.78 is 41.4. The zero-order chi connectivity index (χ0) is 28.4. The summed E-state index contributed by atoms with van der Waals surface area (Å²) in [4.78, 5) is 13.7. The van der Waals surface area contributed by atoms with Crippen LogP contribution in [0, 0.1) is 0 Å². The number of carbonyl (C=O) groups is 1. The Morgan fingerprint density at radius 1 is 1.05 bits per heavy atom. The summed E-state index contributed by atoms with van der Waals surface area (Å²) in [6, 6.07) is 18.0. The van der Waals surface area contributed by atoms with E-state index in [1.807, 2.05) is 0 Å². The van der Waals surface area contributed by atoms with Gasteiger partial charge in [0.2, 0.25) is 0 Å². The molecule has 0 aliphatic rings. The van der Waals surface area contributed by atoms with E-state index in [1.165, 1.54) is 12.1 Å². The van der Waals surface area contributed by atoms with Crippen LogP contribution in [0.15, 0.2) is 72.8 Å². The highest BCUT2D eigenvalue weighted by Gasteiger charge is 2.31. The molecule has 0 radical (unpaired) electrons. The van der Waals surface area contributed by atoms with Crippen molar-refractivity contribution >= 4 is 29.1 Å². The number of H-pyrrole nitrogens is 1. The maximum Gasteiger partial charge on any atom is 0.416 e. The Morgan fingerprint density at radius 2 is 1.80 bits per heavy atom. The fourth-order valence-corrected chi connectivity index (χ4v) is 4.59. The number of hydrogen-bond acceptors (Lipinski definition) is 5. The van der Waals surface area contributed by atoms with Crippen molar-refractivity contribution in [2.45, 2.75) is 25.6 Å². The molecule has 5 rings (SSSR count).